The Morgan fingerprint density at radius 2 is 1.53 bits per heavy atom. The van der Waals surface area contributed by atoms with Gasteiger partial charge in [-0.15, -0.1) is 0 Å². The molecule has 0 saturated heterocycles. The molecule has 0 saturated carbocycles. The minimum absolute atomic E-state index is 0.259. The molecule has 0 aliphatic rings. The molecule has 0 bridgehead atoms. The smallest absolute Gasteiger partial charge is 0.115 e. The second-order valence-electron chi connectivity index (χ2n) is 4.69. The van der Waals surface area contributed by atoms with E-state index in [-0.39, 0.29) is 5.75 Å². The van der Waals surface area contributed by atoms with Gasteiger partial charge in [0.15, 0.2) is 0 Å². The Labute approximate surface area is 122 Å². The summed E-state index contributed by atoms with van der Waals surface area (Å²) in [5.74, 6) is 6.96. The van der Waals surface area contributed by atoms with Crippen LogP contribution >= 0.6 is 15.9 Å². The number of hydrogen-bond acceptors (Lipinski definition) is 1. The highest BCUT2D eigenvalue weighted by atomic mass is 79.9. The van der Waals surface area contributed by atoms with Crippen molar-refractivity contribution in [3.05, 3.63) is 63.6 Å². The van der Waals surface area contributed by atoms with E-state index in [9.17, 15) is 5.11 Å². The zero-order valence-electron chi connectivity index (χ0n) is 10.9. The van der Waals surface area contributed by atoms with Crippen LogP contribution in [0.4, 0.5) is 0 Å². The fourth-order valence-corrected chi connectivity index (χ4v) is 2.60. The Morgan fingerprint density at radius 3 is 2.11 bits per heavy atom. The summed E-state index contributed by atoms with van der Waals surface area (Å²) in [5.41, 5.74) is 3.15. The summed E-state index contributed by atoms with van der Waals surface area (Å²) in [6, 6.07) is 13.1. The van der Waals surface area contributed by atoms with E-state index in [0.717, 1.165) is 15.6 Å². The van der Waals surface area contributed by atoms with E-state index in [4.69, 9.17) is 0 Å². The largest absolute Gasteiger partial charge is 0.508 e. The van der Waals surface area contributed by atoms with Crippen molar-refractivity contribution in [3.8, 4) is 17.6 Å². The van der Waals surface area contributed by atoms with Crippen LogP contribution < -0.4 is 0 Å². The highest BCUT2D eigenvalue weighted by molar-refractivity contribution is 9.10. The monoisotopic (exact) mass is 314 g/mol. The number of hydrogen-bond donors (Lipinski definition) is 1. The third kappa shape index (κ3) is 3.62. The van der Waals surface area contributed by atoms with Crippen LogP contribution in [0.1, 0.15) is 36.5 Å². The molecule has 96 valence electrons. The van der Waals surface area contributed by atoms with Crippen LogP contribution in [0.2, 0.25) is 0 Å². The van der Waals surface area contributed by atoms with Gasteiger partial charge in [0.1, 0.15) is 5.75 Å². The van der Waals surface area contributed by atoms with Gasteiger partial charge in [0.2, 0.25) is 0 Å². The Balaban J connectivity index is 2.25. The second kappa shape index (κ2) is 5.95. The van der Waals surface area contributed by atoms with Crippen LogP contribution in [0.25, 0.3) is 0 Å². The van der Waals surface area contributed by atoms with E-state index in [0.29, 0.717) is 5.92 Å². The molecule has 19 heavy (non-hydrogen) atoms. The van der Waals surface area contributed by atoms with Crippen molar-refractivity contribution >= 4 is 15.9 Å². The first-order valence-electron chi connectivity index (χ1n) is 6.17. The van der Waals surface area contributed by atoms with Crippen LogP contribution in [0.15, 0.2) is 46.9 Å². The first kappa shape index (κ1) is 13.7. The van der Waals surface area contributed by atoms with Gasteiger partial charge in [-0.1, -0.05) is 47.7 Å². The van der Waals surface area contributed by atoms with Gasteiger partial charge in [-0.2, -0.15) is 0 Å². The third-order valence-electron chi connectivity index (χ3n) is 2.84. The summed E-state index contributed by atoms with van der Waals surface area (Å²) in [5, 5.41) is 9.21. The Hall–Kier alpha value is -1.72. The molecule has 0 heterocycles. The number of phenolic OH excluding ortho intramolecular Hbond substituents is 1. The van der Waals surface area contributed by atoms with Gasteiger partial charge in [-0.05, 0) is 47.9 Å². The quantitative estimate of drug-likeness (QED) is 0.758. The van der Waals surface area contributed by atoms with Crippen LogP contribution in [0.3, 0.4) is 0 Å². The van der Waals surface area contributed by atoms with E-state index < -0.39 is 0 Å². The van der Waals surface area contributed by atoms with Crippen molar-refractivity contribution in [3.63, 3.8) is 0 Å². The molecule has 0 radical (unpaired) electrons. The minimum Gasteiger partial charge on any atom is -0.508 e. The van der Waals surface area contributed by atoms with Gasteiger partial charge in [0.25, 0.3) is 0 Å². The molecule has 2 heteroatoms. The van der Waals surface area contributed by atoms with E-state index in [2.05, 4.69) is 47.7 Å². The summed E-state index contributed by atoms with van der Waals surface area (Å²) >= 11 is 3.58. The van der Waals surface area contributed by atoms with Crippen molar-refractivity contribution in [2.24, 2.45) is 0 Å². The molecule has 0 spiro atoms. The molecular weight excluding hydrogens is 300 g/mol. The van der Waals surface area contributed by atoms with Crippen LogP contribution in [0.5, 0.6) is 5.75 Å². The molecule has 0 aliphatic carbocycles. The van der Waals surface area contributed by atoms with Crippen molar-refractivity contribution < 1.29 is 5.11 Å². The second-order valence-corrected chi connectivity index (χ2v) is 5.54. The average Bonchev–Trinajstić information content (AvgIpc) is 2.37. The lowest BCUT2D eigenvalue weighted by Gasteiger charge is -2.07. The topological polar surface area (TPSA) is 20.2 Å². The molecule has 0 unspecified atom stereocenters. The molecule has 2 rings (SSSR count). The van der Waals surface area contributed by atoms with Gasteiger partial charge in [-0.25, -0.2) is 0 Å². The lowest BCUT2D eigenvalue weighted by atomic mass is 10.0. The van der Waals surface area contributed by atoms with Crippen molar-refractivity contribution in [2.45, 2.75) is 19.8 Å². The molecule has 0 aliphatic heterocycles. The molecule has 1 nitrogen and oxygen atoms in total. The first-order valence-corrected chi connectivity index (χ1v) is 6.96. The predicted molar refractivity (Wildman–Crippen MR) is 82.3 cm³/mol. The average molecular weight is 315 g/mol. The summed E-state index contributed by atoms with van der Waals surface area (Å²) < 4.78 is 1.10. The van der Waals surface area contributed by atoms with E-state index >= 15 is 0 Å². The number of phenols is 1. The van der Waals surface area contributed by atoms with Gasteiger partial charge >= 0.3 is 0 Å². The Bertz CT molecular complexity index is 631. The van der Waals surface area contributed by atoms with Crippen molar-refractivity contribution in [2.75, 3.05) is 0 Å². The van der Waals surface area contributed by atoms with Gasteiger partial charge < -0.3 is 5.11 Å². The number of halogens is 1. The summed E-state index contributed by atoms with van der Waals surface area (Å²) in [6.45, 7) is 4.34. The maximum atomic E-state index is 9.21. The maximum Gasteiger partial charge on any atom is 0.115 e. The molecule has 0 atom stereocenters. The van der Waals surface area contributed by atoms with Crippen LogP contribution in [-0.2, 0) is 0 Å². The normalized spacial score (nSPS) is 10.1. The number of aromatic hydroxyl groups is 1. The maximum absolute atomic E-state index is 9.21. The van der Waals surface area contributed by atoms with Gasteiger partial charge in [-0.3, -0.25) is 0 Å². The van der Waals surface area contributed by atoms with Crippen LogP contribution in [-0.4, -0.2) is 5.11 Å². The first-order chi connectivity index (χ1) is 9.06. The molecule has 2 aromatic carbocycles. The molecule has 0 aromatic heterocycles. The predicted octanol–water partition coefficient (Wildman–Crippen LogP) is 4.68. The van der Waals surface area contributed by atoms with E-state index in [1.54, 1.807) is 24.3 Å². The van der Waals surface area contributed by atoms with E-state index in [1.165, 1.54) is 5.56 Å². The third-order valence-corrected chi connectivity index (χ3v) is 3.53. The SMILES string of the molecule is CC(C)c1ccc(C#Cc2ccc(O)cc2)cc1Br. The highest BCUT2D eigenvalue weighted by Gasteiger charge is 2.04. The number of benzene rings is 2. The zero-order chi connectivity index (χ0) is 13.8. The van der Waals surface area contributed by atoms with Crippen molar-refractivity contribution in [1.29, 1.82) is 0 Å². The molecule has 0 amide bonds. The van der Waals surface area contributed by atoms with Crippen molar-refractivity contribution in [1.82, 2.24) is 0 Å². The Morgan fingerprint density at radius 1 is 0.947 bits per heavy atom. The highest BCUT2D eigenvalue weighted by Crippen LogP contribution is 2.25. The standard InChI is InChI=1S/C17H15BrO/c1-12(2)16-10-7-14(11-17(16)18)4-3-13-5-8-15(19)9-6-13/h5-12,19H,1-2H3. The van der Waals surface area contributed by atoms with Gasteiger partial charge in [0, 0.05) is 15.6 Å². The number of rotatable bonds is 1. The Kier molecular flexibility index (Phi) is 4.29. The fraction of sp³-hybridized carbons (Fsp3) is 0.176. The molecular formula is C17H15BrO. The fourth-order valence-electron chi connectivity index (χ4n) is 1.76. The van der Waals surface area contributed by atoms with Gasteiger partial charge in [0.05, 0.1) is 0 Å². The molecule has 0 fully saturated rings. The lowest BCUT2D eigenvalue weighted by Crippen LogP contribution is -1.89. The lowest BCUT2D eigenvalue weighted by molar-refractivity contribution is 0.475. The summed E-state index contributed by atoms with van der Waals surface area (Å²) in [6.07, 6.45) is 0. The molecule has 2 aromatic rings. The minimum atomic E-state index is 0.259. The summed E-state index contributed by atoms with van der Waals surface area (Å²) in [7, 11) is 0. The molecule has 1 N–H and O–H groups in total. The summed E-state index contributed by atoms with van der Waals surface area (Å²) in [4.78, 5) is 0. The van der Waals surface area contributed by atoms with E-state index in [1.807, 2.05) is 12.1 Å². The van der Waals surface area contributed by atoms with Crippen LogP contribution in [0, 0.1) is 11.8 Å². The zero-order valence-corrected chi connectivity index (χ0v) is 12.5.